The zero-order valence-electron chi connectivity index (χ0n) is 21.3. The molecule has 1 aliphatic heterocycles. The molecular formula is C31H28N4O4. The fraction of sp³-hybridized carbons (Fsp3) is 0.161. The molecule has 0 fully saturated rings. The molecule has 0 unspecified atom stereocenters. The Morgan fingerprint density at radius 1 is 0.769 bits per heavy atom. The second-order valence-corrected chi connectivity index (χ2v) is 9.48. The van der Waals surface area contributed by atoms with Crippen LogP contribution >= 0.6 is 0 Å². The molecule has 2 heterocycles. The van der Waals surface area contributed by atoms with Gasteiger partial charge in [-0.25, -0.2) is 0 Å². The number of imide groups is 1. The van der Waals surface area contributed by atoms with Crippen LogP contribution in [0.5, 0.6) is 0 Å². The zero-order valence-corrected chi connectivity index (χ0v) is 21.3. The van der Waals surface area contributed by atoms with E-state index in [4.69, 9.17) is 0 Å². The average molecular weight is 521 g/mol. The maximum Gasteiger partial charge on any atom is 0.272 e. The van der Waals surface area contributed by atoms with E-state index in [1.165, 1.54) is 17.2 Å². The summed E-state index contributed by atoms with van der Waals surface area (Å²) >= 11 is 0. The number of aromatic nitrogens is 2. The largest absolute Gasteiger partial charge is 0.316 e. The quantitative estimate of drug-likeness (QED) is 0.356. The van der Waals surface area contributed by atoms with Crippen LogP contribution in [0.15, 0.2) is 88.5 Å². The summed E-state index contributed by atoms with van der Waals surface area (Å²) in [6.45, 7) is 2.27. The van der Waals surface area contributed by atoms with Gasteiger partial charge in [-0.05, 0) is 53.0 Å². The molecule has 2 amide bonds. The summed E-state index contributed by atoms with van der Waals surface area (Å²) in [5, 5.41) is 2.70. The van der Waals surface area contributed by atoms with Gasteiger partial charge in [-0.15, -0.1) is 0 Å². The number of fused-ring (bicyclic) bond motifs is 1. The highest BCUT2D eigenvalue weighted by molar-refractivity contribution is 6.04. The van der Waals surface area contributed by atoms with Crippen LogP contribution in [0.4, 0.5) is 0 Å². The van der Waals surface area contributed by atoms with Crippen molar-refractivity contribution in [2.24, 2.45) is 0 Å². The lowest BCUT2D eigenvalue weighted by Crippen LogP contribution is -2.46. The Labute approximate surface area is 224 Å². The third-order valence-corrected chi connectivity index (χ3v) is 6.70. The normalized spacial score (nSPS) is 14.2. The smallest absolute Gasteiger partial charge is 0.272 e. The summed E-state index contributed by atoms with van der Waals surface area (Å²) in [5.41, 5.74) is 3.49. The Bertz CT molecular complexity index is 1740. The molecule has 0 aliphatic carbocycles. The number of carbonyl (C=O) groups excluding carboxylic acids is 2. The second-order valence-electron chi connectivity index (χ2n) is 9.48. The van der Waals surface area contributed by atoms with Gasteiger partial charge in [-0.3, -0.25) is 29.4 Å². The van der Waals surface area contributed by atoms with E-state index < -0.39 is 17.0 Å². The molecule has 0 atom stereocenters. The third kappa shape index (κ3) is 6.55. The zero-order chi connectivity index (χ0) is 27.2. The van der Waals surface area contributed by atoms with E-state index in [9.17, 15) is 19.2 Å². The first-order chi connectivity index (χ1) is 18.9. The predicted octanol–water partition coefficient (Wildman–Crippen LogP) is 1.43. The van der Waals surface area contributed by atoms with Gasteiger partial charge in [0.05, 0.1) is 0 Å². The Kier molecular flexibility index (Phi) is 7.75. The lowest BCUT2D eigenvalue weighted by molar-refractivity contribution is -0.120. The summed E-state index contributed by atoms with van der Waals surface area (Å²) < 4.78 is 0. The van der Waals surface area contributed by atoms with Gasteiger partial charge in [-0.1, -0.05) is 66.7 Å². The highest BCUT2D eigenvalue weighted by Crippen LogP contribution is 2.18. The van der Waals surface area contributed by atoms with Crippen molar-refractivity contribution in [3.8, 4) is 0 Å². The topological polar surface area (TPSA) is 115 Å². The van der Waals surface area contributed by atoms with Crippen molar-refractivity contribution in [2.75, 3.05) is 13.1 Å². The van der Waals surface area contributed by atoms with Gasteiger partial charge in [-0.2, -0.15) is 0 Å². The van der Waals surface area contributed by atoms with Crippen molar-refractivity contribution in [2.45, 2.75) is 19.4 Å². The van der Waals surface area contributed by atoms with Gasteiger partial charge in [0, 0.05) is 31.6 Å². The van der Waals surface area contributed by atoms with Crippen molar-refractivity contribution >= 4 is 24.0 Å². The fourth-order valence-corrected chi connectivity index (χ4v) is 4.58. The molecule has 196 valence electrons. The van der Waals surface area contributed by atoms with Gasteiger partial charge in [0.15, 0.2) is 0 Å². The number of nitrogens with zero attached hydrogens (tertiary/aromatic N) is 1. The van der Waals surface area contributed by atoms with Crippen LogP contribution in [-0.4, -0.2) is 39.8 Å². The molecular weight excluding hydrogens is 492 g/mol. The monoisotopic (exact) mass is 520 g/mol. The highest BCUT2D eigenvalue weighted by Gasteiger charge is 2.17. The Morgan fingerprint density at radius 2 is 1.36 bits per heavy atom. The SMILES string of the molecule is O=C(CCN1CCc2ccccc2C1)NC(=O)c1ccc(/C=c2\[nH]c(=O)/c(=C/c3ccccc3)[nH]c2=O)cc1. The minimum atomic E-state index is -0.484. The van der Waals surface area contributed by atoms with E-state index in [1.54, 1.807) is 30.3 Å². The van der Waals surface area contributed by atoms with Gasteiger partial charge in [0.25, 0.3) is 17.0 Å². The van der Waals surface area contributed by atoms with Gasteiger partial charge in [0.1, 0.15) is 10.7 Å². The highest BCUT2D eigenvalue weighted by atomic mass is 16.2. The molecule has 8 heteroatoms. The number of carbonyl (C=O) groups is 2. The number of benzene rings is 3. The second kappa shape index (κ2) is 11.7. The van der Waals surface area contributed by atoms with E-state index in [-0.39, 0.29) is 23.0 Å². The van der Waals surface area contributed by atoms with Crippen molar-refractivity contribution in [3.63, 3.8) is 0 Å². The first kappa shape index (κ1) is 25.8. The summed E-state index contributed by atoms with van der Waals surface area (Å²) in [6.07, 6.45) is 4.31. The van der Waals surface area contributed by atoms with Crippen molar-refractivity contribution in [1.29, 1.82) is 0 Å². The molecule has 4 aromatic rings. The van der Waals surface area contributed by atoms with E-state index in [0.717, 1.165) is 25.1 Å². The summed E-state index contributed by atoms with van der Waals surface area (Å²) in [7, 11) is 0. The number of H-pyrrole nitrogens is 2. The average Bonchev–Trinajstić information content (AvgIpc) is 2.95. The predicted molar refractivity (Wildman–Crippen MR) is 149 cm³/mol. The molecule has 3 N–H and O–H groups in total. The van der Waals surface area contributed by atoms with Crippen molar-refractivity contribution in [1.82, 2.24) is 20.2 Å². The Balaban J connectivity index is 1.20. The summed E-state index contributed by atoms with van der Waals surface area (Å²) in [4.78, 5) is 57.4. The third-order valence-electron chi connectivity index (χ3n) is 6.70. The van der Waals surface area contributed by atoms with E-state index in [0.29, 0.717) is 17.7 Å². The molecule has 0 spiro atoms. The standard InChI is InChI=1S/C31H28N4O4/c36-28(15-17-35-16-14-23-8-4-5-9-25(23)20-35)34-29(37)24-12-10-22(11-13-24)19-27-31(39)32-26(30(38)33-27)18-21-6-2-1-3-7-21/h1-13,18-19H,14-17,20H2,(H,32,39)(H,33,38)(H,34,36,37)/b26-18-,27-19-. The van der Waals surface area contributed by atoms with Crippen LogP contribution in [0, 0.1) is 0 Å². The van der Waals surface area contributed by atoms with Crippen LogP contribution in [0.1, 0.15) is 39.0 Å². The lowest BCUT2D eigenvalue weighted by Gasteiger charge is -2.28. The van der Waals surface area contributed by atoms with Crippen LogP contribution < -0.4 is 27.1 Å². The molecule has 5 rings (SSSR count). The van der Waals surface area contributed by atoms with E-state index in [2.05, 4.69) is 32.3 Å². The summed E-state index contributed by atoms with van der Waals surface area (Å²) in [5.74, 6) is -0.811. The van der Waals surface area contributed by atoms with Crippen LogP contribution in [0.2, 0.25) is 0 Å². The molecule has 1 aliphatic rings. The Morgan fingerprint density at radius 3 is 2.03 bits per heavy atom. The number of nitrogens with one attached hydrogen (secondary N) is 3. The van der Waals surface area contributed by atoms with Gasteiger partial charge >= 0.3 is 0 Å². The minimum absolute atomic E-state index is 0.0953. The van der Waals surface area contributed by atoms with Crippen molar-refractivity contribution < 1.29 is 9.59 Å². The van der Waals surface area contributed by atoms with Crippen molar-refractivity contribution in [3.05, 3.63) is 138 Å². The van der Waals surface area contributed by atoms with Crippen LogP contribution in [0.3, 0.4) is 0 Å². The van der Waals surface area contributed by atoms with E-state index in [1.807, 2.05) is 42.5 Å². The molecule has 39 heavy (non-hydrogen) atoms. The first-order valence-corrected chi connectivity index (χ1v) is 12.8. The molecule has 0 saturated carbocycles. The minimum Gasteiger partial charge on any atom is -0.316 e. The number of hydrogen-bond donors (Lipinski definition) is 3. The van der Waals surface area contributed by atoms with E-state index >= 15 is 0 Å². The number of rotatable bonds is 6. The Hall–Kier alpha value is -4.82. The maximum atomic E-state index is 12.6. The van der Waals surface area contributed by atoms with Gasteiger partial charge in [0.2, 0.25) is 5.91 Å². The number of hydrogen-bond acceptors (Lipinski definition) is 5. The molecule has 0 bridgehead atoms. The first-order valence-electron chi connectivity index (χ1n) is 12.8. The molecule has 3 aromatic carbocycles. The van der Waals surface area contributed by atoms with Crippen LogP contribution in [0.25, 0.3) is 12.2 Å². The lowest BCUT2D eigenvalue weighted by atomic mass is 10.00. The fourth-order valence-electron chi connectivity index (χ4n) is 4.58. The summed E-state index contributed by atoms with van der Waals surface area (Å²) in [6, 6.07) is 24.0. The van der Waals surface area contributed by atoms with Gasteiger partial charge < -0.3 is 9.97 Å². The molecule has 8 nitrogen and oxygen atoms in total. The number of amides is 2. The molecule has 1 aromatic heterocycles. The maximum absolute atomic E-state index is 12.6. The molecule has 0 radical (unpaired) electrons. The van der Waals surface area contributed by atoms with Crippen LogP contribution in [-0.2, 0) is 17.8 Å². The number of aromatic amines is 2. The molecule has 0 saturated heterocycles.